The molecule has 1 aromatic carbocycles. The molecule has 0 bridgehead atoms. The van der Waals surface area contributed by atoms with Gasteiger partial charge in [0.1, 0.15) is 5.75 Å². The predicted molar refractivity (Wildman–Crippen MR) is 94.3 cm³/mol. The van der Waals surface area contributed by atoms with Crippen molar-refractivity contribution in [2.45, 2.75) is 44.6 Å². The number of benzene rings is 1. The Hall–Kier alpha value is -1.26. The van der Waals surface area contributed by atoms with Gasteiger partial charge in [0.15, 0.2) is 0 Å². The second-order valence-electron chi connectivity index (χ2n) is 6.47. The van der Waals surface area contributed by atoms with Crippen molar-refractivity contribution in [1.82, 2.24) is 10.6 Å². The minimum absolute atomic E-state index is 0. The van der Waals surface area contributed by atoms with Crippen LogP contribution in [0.2, 0.25) is 0 Å². The first-order valence-corrected chi connectivity index (χ1v) is 8.43. The van der Waals surface area contributed by atoms with Gasteiger partial charge in [-0.15, -0.1) is 12.4 Å². The Morgan fingerprint density at radius 3 is 3.00 bits per heavy atom. The number of amides is 1. The number of nitrogens with one attached hydrogen (secondary N) is 2. The summed E-state index contributed by atoms with van der Waals surface area (Å²) in [4.78, 5) is 12.2. The summed E-state index contributed by atoms with van der Waals surface area (Å²) < 4.78 is 5.30. The zero-order chi connectivity index (χ0) is 15.4. The van der Waals surface area contributed by atoms with E-state index in [1.165, 1.54) is 17.5 Å². The van der Waals surface area contributed by atoms with Crippen LogP contribution in [-0.4, -0.2) is 26.1 Å². The maximum absolute atomic E-state index is 12.2. The zero-order valence-corrected chi connectivity index (χ0v) is 14.6. The van der Waals surface area contributed by atoms with Crippen molar-refractivity contribution in [2.75, 3.05) is 20.2 Å². The maximum atomic E-state index is 12.2. The third-order valence-corrected chi connectivity index (χ3v) is 4.94. The Bertz CT molecular complexity index is 530. The van der Waals surface area contributed by atoms with Crippen LogP contribution >= 0.6 is 12.4 Å². The summed E-state index contributed by atoms with van der Waals surface area (Å²) >= 11 is 0. The molecule has 0 aromatic heterocycles. The van der Waals surface area contributed by atoms with Crippen LogP contribution in [0.4, 0.5) is 0 Å². The largest absolute Gasteiger partial charge is 0.497 e. The second kappa shape index (κ2) is 8.55. The van der Waals surface area contributed by atoms with Crippen molar-refractivity contribution in [3.05, 3.63) is 29.3 Å². The number of carbonyl (C=O) groups excluding carboxylic acids is 1. The Labute approximate surface area is 144 Å². The van der Waals surface area contributed by atoms with Crippen molar-refractivity contribution in [3.63, 3.8) is 0 Å². The van der Waals surface area contributed by atoms with Crippen LogP contribution in [-0.2, 0) is 11.2 Å². The molecule has 2 atom stereocenters. The number of rotatable bonds is 5. The highest BCUT2D eigenvalue weighted by molar-refractivity contribution is 5.85. The first kappa shape index (κ1) is 18.1. The van der Waals surface area contributed by atoms with Crippen LogP contribution in [0, 0.1) is 5.92 Å². The van der Waals surface area contributed by atoms with Crippen LogP contribution < -0.4 is 15.4 Å². The third-order valence-electron chi connectivity index (χ3n) is 4.94. The molecule has 5 heteroatoms. The molecule has 23 heavy (non-hydrogen) atoms. The highest BCUT2D eigenvalue weighted by Crippen LogP contribution is 2.32. The van der Waals surface area contributed by atoms with E-state index in [2.05, 4.69) is 22.8 Å². The molecular formula is C18H27ClN2O2. The lowest BCUT2D eigenvalue weighted by atomic mass is 9.87. The van der Waals surface area contributed by atoms with Crippen molar-refractivity contribution in [1.29, 1.82) is 0 Å². The Morgan fingerprint density at radius 2 is 2.26 bits per heavy atom. The molecule has 1 amide bonds. The van der Waals surface area contributed by atoms with Crippen molar-refractivity contribution in [2.24, 2.45) is 5.92 Å². The number of ether oxygens (including phenoxy) is 1. The first-order chi connectivity index (χ1) is 10.8. The number of hydrogen-bond acceptors (Lipinski definition) is 3. The fourth-order valence-corrected chi connectivity index (χ4v) is 3.63. The zero-order valence-electron chi connectivity index (χ0n) is 13.8. The van der Waals surface area contributed by atoms with Gasteiger partial charge in [-0.25, -0.2) is 0 Å². The number of halogens is 1. The van der Waals surface area contributed by atoms with Crippen LogP contribution in [0.1, 0.15) is 49.3 Å². The first-order valence-electron chi connectivity index (χ1n) is 8.43. The van der Waals surface area contributed by atoms with E-state index < -0.39 is 0 Å². The van der Waals surface area contributed by atoms with E-state index in [4.69, 9.17) is 4.74 Å². The Balaban J connectivity index is 0.00000192. The topological polar surface area (TPSA) is 50.4 Å². The summed E-state index contributed by atoms with van der Waals surface area (Å²) in [6, 6.07) is 6.38. The molecule has 0 spiro atoms. The molecule has 1 aromatic rings. The van der Waals surface area contributed by atoms with Gasteiger partial charge >= 0.3 is 0 Å². The summed E-state index contributed by atoms with van der Waals surface area (Å²) in [5, 5.41) is 6.59. The second-order valence-corrected chi connectivity index (χ2v) is 6.47. The molecule has 2 unspecified atom stereocenters. The van der Waals surface area contributed by atoms with Crippen LogP contribution in [0.3, 0.4) is 0 Å². The van der Waals surface area contributed by atoms with E-state index in [1.54, 1.807) is 7.11 Å². The van der Waals surface area contributed by atoms with E-state index in [0.29, 0.717) is 12.3 Å². The van der Waals surface area contributed by atoms with Gasteiger partial charge in [0.2, 0.25) is 5.91 Å². The molecule has 0 saturated carbocycles. The minimum atomic E-state index is 0. The number of hydrogen-bond donors (Lipinski definition) is 2. The smallest absolute Gasteiger partial charge is 0.220 e. The summed E-state index contributed by atoms with van der Waals surface area (Å²) in [6.07, 6.45) is 6.09. The summed E-state index contributed by atoms with van der Waals surface area (Å²) in [5.74, 6) is 1.77. The fraction of sp³-hybridized carbons (Fsp3) is 0.611. The molecule has 1 fully saturated rings. The third kappa shape index (κ3) is 4.61. The number of methoxy groups -OCH3 is 1. The van der Waals surface area contributed by atoms with Gasteiger partial charge in [-0.3, -0.25) is 4.79 Å². The van der Waals surface area contributed by atoms with Crippen molar-refractivity contribution < 1.29 is 9.53 Å². The van der Waals surface area contributed by atoms with Gasteiger partial charge in [-0.2, -0.15) is 0 Å². The Morgan fingerprint density at radius 1 is 1.39 bits per heavy atom. The van der Waals surface area contributed by atoms with Crippen molar-refractivity contribution >= 4 is 18.3 Å². The van der Waals surface area contributed by atoms with Crippen LogP contribution in [0.25, 0.3) is 0 Å². The number of carbonyl (C=O) groups is 1. The van der Waals surface area contributed by atoms with Crippen LogP contribution in [0.15, 0.2) is 18.2 Å². The van der Waals surface area contributed by atoms with E-state index in [1.807, 2.05) is 6.07 Å². The summed E-state index contributed by atoms with van der Waals surface area (Å²) in [7, 11) is 1.70. The lowest BCUT2D eigenvalue weighted by Gasteiger charge is -2.27. The predicted octanol–water partition coefficient (Wildman–Crippen LogP) is 3.00. The van der Waals surface area contributed by atoms with Crippen LogP contribution in [0.5, 0.6) is 5.75 Å². The monoisotopic (exact) mass is 338 g/mol. The van der Waals surface area contributed by atoms with Gasteiger partial charge in [0.25, 0.3) is 0 Å². The maximum Gasteiger partial charge on any atom is 0.220 e. The average molecular weight is 339 g/mol. The molecule has 1 aliphatic heterocycles. The van der Waals surface area contributed by atoms with Gasteiger partial charge in [0, 0.05) is 6.42 Å². The van der Waals surface area contributed by atoms with Crippen molar-refractivity contribution in [3.8, 4) is 5.75 Å². The van der Waals surface area contributed by atoms with Gasteiger partial charge in [-0.1, -0.05) is 6.07 Å². The standard InChI is InChI=1S/C18H26N2O2.ClH/c1-22-15-6-7-16-14(11-15)3-2-4-17(16)20-18(21)8-5-13-9-10-19-12-13;/h6-7,11,13,17,19H,2-5,8-10,12H2,1H3,(H,20,21);1H. The fourth-order valence-electron chi connectivity index (χ4n) is 3.63. The normalized spacial score (nSPS) is 22.8. The quantitative estimate of drug-likeness (QED) is 0.867. The minimum Gasteiger partial charge on any atom is -0.497 e. The van der Waals surface area contributed by atoms with E-state index in [0.717, 1.165) is 44.5 Å². The molecule has 0 radical (unpaired) electrons. The van der Waals surface area contributed by atoms with Gasteiger partial charge in [0.05, 0.1) is 13.2 Å². The molecule has 2 aliphatic rings. The summed E-state index contributed by atoms with van der Waals surface area (Å²) in [5.41, 5.74) is 2.58. The number of aryl methyl sites for hydroxylation is 1. The molecule has 1 saturated heterocycles. The lowest BCUT2D eigenvalue weighted by Crippen LogP contribution is -2.31. The molecule has 1 aliphatic carbocycles. The molecule has 4 nitrogen and oxygen atoms in total. The van der Waals surface area contributed by atoms with E-state index in [9.17, 15) is 4.79 Å². The molecule has 2 N–H and O–H groups in total. The highest BCUT2D eigenvalue weighted by Gasteiger charge is 2.23. The molecule has 128 valence electrons. The molecule has 3 rings (SSSR count). The highest BCUT2D eigenvalue weighted by atomic mass is 35.5. The molecule has 1 heterocycles. The van der Waals surface area contributed by atoms with E-state index >= 15 is 0 Å². The Kier molecular flexibility index (Phi) is 6.72. The number of fused-ring (bicyclic) bond motifs is 1. The van der Waals surface area contributed by atoms with Gasteiger partial charge in [-0.05, 0) is 74.4 Å². The average Bonchev–Trinajstić information content (AvgIpc) is 3.06. The van der Waals surface area contributed by atoms with Gasteiger partial charge < -0.3 is 15.4 Å². The summed E-state index contributed by atoms with van der Waals surface area (Å²) in [6.45, 7) is 2.17. The van der Waals surface area contributed by atoms with E-state index in [-0.39, 0.29) is 24.4 Å². The molecular weight excluding hydrogens is 312 g/mol. The lowest BCUT2D eigenvalue weighted by molar-refractivity contribution is -0.122. The SMILES string of the molecule is COc1ccc2c(c1)CCCC2NC(=O)CCC1CCNC1.Cl.